The summed E-state index contributed by atoms with van der Waals surface area (Å²) < 4.78 is 28.8. The third-order valence-corrected chi connectivity index (χ3v) is 5.06. The van der Waals surface area contributed by atoms with Gasteiger partial charge in [-0.05, 0) is 34.5 Å². The molecule has 0 amide bonds. The second kappa shape index (κ2) is 4.25. The van der Waals surface area contributed by atoms with E-state index in [0.29, 0.717) is 22.3 Å². The van der Waals surface area contributed by atoms with Gasteiger partial charge in [-0.1, -0.05) is 6.07 Å². The van der Waals surface area contributed by atoms with Crippen molar-refractivity contribution in [3.8, 4) is 5.75 Å². The van der Waals surface area contributed by atoms with Gasteiger partial charge in [0.15, 0.2) is 9.84 Å². The molecule has 0 spiro atoms. The number of hydrogen-bond donors (Lipinski definition) is 1. The molecule has 1 atom stereocenters. The molecular weight excluding hydrogens is 294 g/mol. The van der Waals surface area contributed by atoms with Crippen LogP contribution in [0.25, 0.3) is 0 Å². The van der Waals surface area contributed by atoms with Crippen LogP contribution in [-0.4, -0.2) is 26.0 Å². The van der Waals surface area contributed by atoms with Crippen molar-refractivity contribution in [3.05, 3.63) is 22.7 Å². The minimum Gasteiger partial charge on any atom is -0.488 e. The first-order valence-corrected chi connectivity index (χ1v) is 7.50. The summed E-state index contributed by atoms with van der Waals surface area (Å²) in [7, 11) is -2.91. The first-order chi connectivity index (χ1) is 7.48. The van der Waals surface area contributed by atoms with Gasteiger partial charge < -0.3 is 10.5 Å². The maximum absolute atomic E-state index is 11.3. The van der Waals surface area contributed by atoms with E-state index in [-0.39, 0.29) is 17.6 Å². The van der Waals surface area contributed by atoms with Crippen LogP contribution in [0.15, 0.2) is 22.7 Å². The molecule has 1 heterocycles. The van der Waals surface area contributed by atoms with Gasteiger partial charge in [-0.15, -0.1) is 0 Å². The summed E-state index contributed by atoms with van der Waals surface area (Å²) in [5, 5.41) is 0. The molecular formula is C10H12BrNO3S. The highest BCUT2D eigenvalue weighted by Gasteiger charge is 2.29. The lowest BCUT2D eigenvalue weighted by molar-refractivity contribution is 0.227. The zero-order valence-electron chi connectivity index (χ0n) is 8.52. The fourth-order valence-electron chi connectivity index (χ4n) is 1.65. The highest BCUT2D eigenvalue weighted by Crippen LogP contribution is 2.32. The molecule has 16 heavy (non-hydrogen) atoms. The smallest absolute Gasteiger partial charge is 0.154 e. The lowest BCUT2D eigenvalue weighted by Gasteiger charge is -2.14. The molecule has 1 fully saturated rings. The summed E-state index contributed by atoms with van der Waals surface area (Å²) in [6, 6.07) is 5.30. The summed E-state index contributed by atoms with van der Waals surface area (Å²) in [5.41, 5.74) is 6.28. The normalized spacial score (nSPS) is 23.2. The first kappa shape index (κ1) is 11.7. The summed E-state index contributed by atoms with van der Waals surface area (Å²) in [6.07, 6.45) is 0.284. The Morgan fingerprint density at radius 2 is 2.19 bits per heavy atom. The van der Waals surface area contributed by atoms with Crippen molar-refractivity contribution in [1.82, 2.24) is 0 Å². The topological polar surface area (TPSA) is 69.4 Å². The van der Waals surface area contributed by atoms with Crippen LogP contribution >= 0.6 is 15.9 Å². The number of sulfone groups is 1. The predicted octanol–water partition coefficient (Wildman–Crippen LogP) is 1.60. The van der Waals surface area contributed by atoms with E-state index >= 15 is 0 Å². The molecule has 2 N–H and O–H groups in total. The maximum Gasteiger partial charge on any atom is 0.154 e. The molecule has 1 aliphatic rings. The van der Waals surface area contributed by atoms with Crippen molar-refractivity contribution in [1.29, 1.82) is 0 Å². The van der Waals surface area contributed by atoms with E-state index in [1.165, 1.54) is 0 Å². The zero-order chi connectivity index (χ0) is 11.8. The molecule has 1 aromatic rings. The SMILES string of the molecule is Nc1cccc(OC2CCS(=O)(=O)C2)c1Br. The first-order valence-electron chi connectivity index (χ1n) is 4.89. The number of rotatable bonds is 2. The number of hydrogen-bond acceptors (Lipinski definition) is 4. The minimum absolute atomic E-state index is 0.0915. The van der Waals surface area contributed by atoms with E-state index in [1.807, 2.05) is 0 Å². The van der Waals surface area contributed by atoms with Gasteiger partial charge in [0.25, 0.3) is 0 Å². The lowest BCUT2D eigenvalue weighted by atomic mass is 10.3. The molecule has 1 unspecified atom stereocenters. The summed E-state index contributed by atoms with van der Waals surface area (Å²) in [6.45, 7) is 0. The molecule has 1 aliphatic heterocycles. The molecule has 1 aromatic carbocycles. The lowest BCUT2D eigenvalue weighted by Crippen LogP contribution is -2.18. The Bertz CT molecular complexity index is 501. The average molecular weight is 306 g/mol. The second-order valence-electron chi connectivity index (χ2n) is 3.80. The van der Waals surface area contributed by atoms with Crippen LogP contribution in [0.3, 0.4) is 0 Å². The molecule has 0 aromatic heterocycles. The van der Waals surface area contributed by atoms with E-state index in [1.54, 1.807) is 18.2 Å². The second-order valence-corrected chi connectivity index (χ2v) is 6.82. The van der Waals surface area contributed by atoms with Crippen molar-refractivity contribution >= 4 is 31.5 Å². The van der Waals surface area contributed by atoms with Gasteiger partial charge >= 0.3 is 0 Å². The van der Waals surface area contributed by atoms with Gasteiger partial charge in [0.2, 0.25) is 0 Å². The molecule has 0 aliphatic carbocycles. The molecule has 6 heteroatoms. The van der Waals surface area contributed by atoms with Crippen molar-refractivity contribution in [2.24, 2.45) is 0 Å². The molecule has 2 rings (SSSR count). The zero-order valence-corrected chi connectivity index (χ0v) is 10.9. The van der Waals surface area contributed by atoms with Crippen LogP contribution in [-0.2, 0) is 9.84 Å². The summed E-state index contributed by atoms with van der Waals surface area (Å²) in [5.74, 6) is 0.897. The monoisotopic (exact) mass is 305 g/mol. The van der Waals surface area contributed by atoms with Gasteiger partial charge in [0, 0.05) is 5.69 Å². The van der Waals surface area contributed by atoms with Gasteiger partial charge in [-0.25, -0.2) is 8.42 Å². The van der Waals surface area contributed by atoms with Crippen LogP contribution in [0.1, 0.15) is 6.42 Å². The van der Waals surface area contributed by atoms with Gasteiger partial charge in [0.1, 0.15) is 11.9 Å². The quantitative estimate of drug-likeness (QED) is 0.843. The molecule has 0 radical (unpaired) electrons. The van der Waals surface area contributed by atoms with Gasteiger partial charge in [0.05, 0.1) is 16.0 Å². The maximum atomic E-state index is 11.3. The van der Waals surface area contributed by atoms with Crippen LogP contribution in [0.5, 0.6) is 5.75 Å². The molecule has 0 bridgehead atoms. The largest absolute Gasteiger partial charge is 0.488 e. The van der Waals surface area contributed by atoms with Crippen LogP contribution in [0.2, 0.25) is 0 Å². The third-order valence-electron chi connectivity index (χ3n) is 2.48. The van der Waals surface area contributed by atoms with Crippen LogP contribution in [0.4, 0.5) is 5.69 Å². The van der Waals surface area contributed by atoms with Crippen molar-refractivity contribution in [3.63, 3.8) is 0 Å². The number of anilines is 1. The highest BCUT2D eigenvalue weighted by molar-refractivity contribution is 9.10. The number of nitrogens with two attached hydrogens (primary N) is 1. The Balaban J connectivity index is 2.14. The fourth-order valence-corrected chi connectivity index (χ4v) is 3.60. The Labute approximate surface area is 103 Å². The third kappa shape index (κ3) is 2.49. The molecule has 0 saturated carbocycles. The van der Waals surface area contributed by atoms with E-state index < -0.39 is 9.84 Å². The molecule has 1 saturated heterocycles. The summed E-state index contributed by atoms with van der Waals surface area (Å²) in [4.78, 5) is 0. The van der Waals surface area contributed by atoms with E-state index in [2.05, 4.69) is 15.9 Å². The van der Waals surface area contributed by atoms with E-state index in [0.717, 1.165) is 0 Å². The van der Waals surface area contributed by atoms with Crippen molar-refractivity contribution in [2.45, 2.75) is 12.5 Å². The Morgan fingerprint density at radius 3 is 2.81 bits per heavy atom. The Morgan fingerprint density at radius 1 is 1.44 bits per heavy atom. The summed E-state index contributed by atoms with van der Waals surface area (Å²) >= 11 is 3.32. The highest BCUT2D eigenvalue weighted by atomic mass is 79.9. The van der Waals surface area contributed by atoms with E-state index in [9.17, 15) is 8.42 Å². The number of nitrogen functional groups attached to an aromatic ring is 1. The Hall–Kier alpha value is -0.750. The predicted molar refractivity (Wildman–Crippen MR) is 66.2 cm³/mol. The molecule has 4 nitrogen and oxygen atoms in total. The average Bonchev–Trinajstić information content (AvgIpc) is 2.53. The molecule has 88 valence electrons. The number of benzene rings is 1. The number of halogens is 1. The van der Waals surface area contributed by atoms with E-state index in [4.69, 9.17) is 10.5 Å². The fraction of sp³-hybridized carbons (Fsp3) is 0.400. The standard InChI is InChI=1S/C10H12BrNO3S/c11-10-8(12)2-1-3-9(10)15-7-4-5-16(13,14)6-7/h1-3,7H,4-6,12H2. The van der Waals surface area contributed by atoms with Crippen LogP contribution < -0.4 is 10.5 Å². The van der Waals surface area contributed by atoms with Crippen LogP contribution in [0, 0.1) is 0 Å². The van der Waals surface area contributed by atoms with Crippen molar-refractivity contribution < 1.29 is 13.2 Å². The van der Waals surface area contributed by atoms with Gasteiger partial charge in [-0.3, -0.25) is 0 Å². The van der Waals surface area contributed by atoms with Gasteiger partial charge in [-0.2, -0.15) is 0 Å². The minimum atomic E-state index is -2.91. The number of ether oxygens (including phenoxy) is 1. The van der Waals surface area contributed by atoms with Crippen molar-refractivity contribution in [2.75, 3.05) is 17.2 Å². The Kier molecular flexibility index (Phi) is 3.12.